The predicted octanol–water partition coefficient (Wildman–Crippen LogP) is 1.10. The van der Waals surface area contributed by atoms with Gasteiger partial charge in [-0.05, 0) is 42.2 Å². The fourth-order valence-corrected chi connectivity index (χ4v) is 5.67. The number of aliphatic hydroxyl groups is 1. The number of ether oxygens (including phenoxy) is 1. The van der Waals surface area contributed by atoms with Crippen molar-refractivity contribution >= 4 is 10.9 Å². The van der Waals surface area contributed by atoms with Crippen molar-refractivity contribution in [3.05, 3.63) is 48.7 Å². The number of hydrogen-bond donors (Lipinski definition) is 1. The molecular formula is C23H31BrN2O2. The molecular weight excluding hydrogens is 416 g/mol. The molecule has 1 N–H and O–H groups in total. The van der Waals surface area contributed by atoms with E-state index in [2.05, 4.69) is 24.6 Å². The summed E-state index contributed by atoms with van der Waals surface area (Å²) in [5.74, 6) is 2.04. The number of benzene rings is 1. The van der Waals surface area contributed by atoms with E-state index in [4.69, 9.17) is 4.74 Å². The first-order chi connectivity index (χ1) is 13.1. The Morgan fingerprint density at radius 2 is 2.21 bits per heavy atom. The zero-order chi connectivity index (χ0) is 19.0. The summed E-state index contributed by atoms with van der Waals surface area (Å²) in [4.78, 5) is 4.49. The Labute approximate surface area is 178 Å². The third kappa shape index (κ3) is 3.49. The summed E-state index contributed by atoms with van der Waals surface area (Å²) in [5.41, 5.74) is 1.90. The third-order valence-corrected chi connectivity index (χ3v) is 7.01. The largest absolute Gasteiger partial charge is 1.00 e. The molecule has 0 radical (unpaired) electrons. The van der Waals surface area contributed by atoms with Crippen LogP contribution in [-0.4, -0.2) is 47.4 Å². The average Bonchev–Trinajstić information content (AvgIpc) is 2.72. The Kier molecular flexibility index (Phi) is 6.47. The number of nitrogens with zero attached hydrogens (tertiary/aromatic N) is 2. The first-order valence-corrected chi connectivity index (χ1v) is 10.2. The number of pyridine rings is 1. The monoisotopic (exact) mass is 446 g/mol. The van der Waals surface area contributed by atoms with Crippen LogP contribution in [0.4, 0.5) is 0 Å². The molecule has 3 saturated heterocycles. The normalized spacial score (nSPS) is 29.9. The van der Waals surface area contributed by atoms with Gasteiger partial charge in [0.2, 0.25) is 0 Å². The maximum Gasteiger partial charge on any atom is 0.131 e. The van der Waals surface area contributed by atoms with E-state index in [0.717, 1.165) is 52.6 Å². The van der Waals surface area contributed by atoms with Crippen molar-refractivity contribution < 1.29 is 31.3 Å². The number of piperidine rings is 3. The van der Waals surface area contributed by atoms with Crippen molar-refractivity contribution in [3.8, 4) is 5.75 Å². The van der Waals surface area contributed by atoms with Crippen LogP contribution in [-0.2, 0) is 0 Å². The highest BCUT2D eigenvalue weighted by molar-refractivity contribution is 5.83. The van der Waals surface area contributed by atoms with Gasteiger partial charge in [0.05, 0.1) is 32.3 Å². The number of rotatable bonds is 6. The highest BCUT2D eigenvalue weighted by atomic mass is 79.9. The SMILES string of the molecule is C=CC1C[N+]2(CCC)CCC1C[C@H]2[C@@H](O)c1ccnc2ccc(OC)cc12.[Br-]. The molecule has 3 aliphatic heterocycles. The van der Waals surface area contributed by atoms with Crippen LogP contribution in [0.1, 0.15) is 37.9 Å². The van der Waals surface area contributed by atoms with E-state index >= 15 is 0 Å². The molecule has 5 rings (SSSR count). The molecule has 5 heteroatoms. The molecule has 4 heterocycles. The Morgan fingerprint density at radius 1 is 1.39 bits per heavy atom. The topological polar surface area (TPSA) is 42.4 Å². The molecule has 2 aromatic rings. The van der Waals surface area contributed by atoms with E-state index in [9.17, 15) is 5.11 Å². The van der Waals surface area contributed by atoms with Crippen molar-refractivity contribution in [1.29, 1.82) is 0 Å². The standard InChI is InChI=1S/C23H31N2O2.BrH/c1-4-11-25-12-9-17(16(5-2)15-25)13-22(25)23(26)19-8-10-24-21-7-6-18(27-3)14-20(19)21;/h5-8,10,14,16-17,22-23,26H,2,4,9,11-13,15H2,1,3H3;1H/q+1;/p-1/t16?,17?,22-,23-,25?;/m0./s1. The van der Waals surface area contributed by atoms with Gasteiger partial charge in [0, 0.05) is 30.3 Å². The minimum Gasteiger partial charge on any atom is -1.00 e. The van der Waals surface area contributed by atoms with Crippen molar-refractivity contribution in [2.75, 3.05) is 26.7 Å². The van der Waals surface area contributed by atoms with E-state index in [1.54, 1.807) is 7.11 Å². The van der Waals surface area contributed by atoms with Gasteiger partial charge in [0.1, 0.15) is 17.9 Å². The zero-order valence-electron chi connectivity index (χ0n) is 16.9. The number of quaternary nitrogens is 1. The number of hydrogen-bond acceptors (Lipinski definition) is 3. The highest BCUT2D eigenvalue weighted by Crippen LogP contribution is 2.47. The second-order valence-corrected chi connectivity index (χ2v) is 8.33. The van der Waals surface area contributed by atoms with Crippen LogP contribution in [0.2, 0.25) is 0 Å². The number of fused-ring (bicyclic) bond motifs is 4. The van der Waals surface area contributed by atoms with E-state index in [1.807, 2.05) is 30.5 Å². The van der Waals surface area contributed by atoms with Gasteiger partial charge < -0.3 is 31.3 Å². The molecule has 28 heavy (non-hydrogen) atoms. The summed E-state index contributed by atoms with van der Waals surface area (Å²) in [6.45, 7) is 9.77. The average molecular weight is 447 g/mol. The van der Waals surface area contributed by atoms with Crippen LogP contribution in [0.15, 0.2) is 43.1 Å². The zero-order valence-corrected chi connectivity index (χ0v) is 18.4. The maximum atomic E-state index is 11.6. The van der Waals surface area contributed by atoms with Gasteiger partial charge in [-0.15, -0.1) is 6.58 Å². The van der Waals surface area contributed by atoms with E-state index in [-0.39, 0.29) is 23.0 Å². The number of methoxy groups -OCH3 is 1. The van der Waals surface area contributed by atoms with Crippen molar-refractivity contribution in [1.82, 2.24) is 4.98 Å². The van der Waals surface area contributed by atoms with Crippen molar-refractivity contribution in [2.24, 2.45) is 11.8 Å². The van der Waals surface area contributed by atoms with Gasteiger partial charge in [-0.3, -0.25) is 4.98 Å². The summed E-state index contributed by atoms with van der Waals surface area (Å²) < 4.78 is 6.44. The molecule has 152 valence electrons. The van der Waals surface area contributed by atoms with Crippen LogP contribution < -0.4 is 21.7 Å². The van der Waals surface area contributed by atoms with Gasteiger partial charge in [0.15, 0.2) is 0 Å². The van der Waals surface area contributed by atoms with Crippen molar-refractivity contribution in [3.63, 3.8) is 0 Å². The molecule has 1 aromatic carbocycles. The molecule has 0 saturated carbocycles. The molecule has 2 bridgehead atoms. The Balaban J connectivity index is 0.00000225. The summed E-state index contributed by atoms with van der Waals surface area (Å²) in [6.07, 6.45) is 6.96. The third-order valence-electron chi connectivity index (χ3n) is 7.01. The smallest absolute Gasteiger partial charge is 0.131 e. The quantitative estimate of drug-likeness (QED) is 0.533. The lowest BCUT2D eigenvalue weighted by Crippen LogP contribution is -3.00. The summed E-state index contributed by atoms with van der Waals surface area (Å²) in [5, 5.41) is 12.6. The lowest BCUT2D eigenvalue weighted by Gasteiger charge is -2.58. The molecule has 0 amide bonds. The van der Waals surface area contributed by atoms with Gasteiger partial charge in [-0.2, -0.15) is 0 Å². The van der Waals surface area contributed by atoms with Gasteiger partial charge >= 0.3 is 0 Å². The van der Waals surface area contributed by atoms with Gasteiger partial charge in [-0.25, -0.2) is 0 Å². The van der Waals surface area contributed by atoms with Crippen LogP contribution in [0.25, 0.3) is 10.9 Å². The summed E-state index contributed by atoms with van der Waals surface area (Å²) in [6, 6.07) is 8.15. The van der Waals surface area contributed by atoms with E-state index < -0.39 is 6.10 Å². The molecule has 3 unspecified atom stereocenters. The minimum absolute atomic E-state index is 0. The first-order valence-electron chi connectivity index (χ1n) is 10.2. The molecule has 1 aromatic heterocycles. The Morgan fingerprint density at radius 3 is 2.93 bits per heavy atom. The number of aliphatic hydroxyl groups excluding tert-OH is 1. The summed E-state index contributed by atoms with van der Waals surface area (Å²) in [7, 11) is 1.68. The first kappa shape index (κ1) is 21.3. The molecule has 3 fully saturated rings. The van der Waals surface area contributed by atoms with Crippen LogP contribution in [0.3, 0.4) is 0 Å². The summed E-state index contributed by atoms with van der Waals surface area (Å²) >= 11 is 0. The molecule has 0 aliphatic carbocycles. The fraction of sp³-hybridized carbons (Fsp3) is 0.522. The molecule has 4 nitrogen and oxygen atoms in total. The second kappa shape index (κ2) is 8.52. The number of aromatic nitrogens is 1. The van der Waals surface area contributed by atoms with Gasteiger partial charge in [0.25, 0.3) is 0 Å². The fourth-order valence-electron chi connectivity index (χ4n) is 5.67. The Hall–Kier alpha value is -1.43. The molecule has 5 atom stereocenters. The Bertz CT molecular complexity index is 838. The van der Waals surface area contributed by atoms with Crippen LogP contribution in [0, 0.1) is 11.8 Å². The van der Waals surface area contributed by atoms with Crippen LogP contribution in [0.5, 0.6) is 5.75 Å². The second-order valence-electron chi connectivity index (χ2n) is 8.33. The van der Waals surface area contributed by atoms with Crippen LogP contribution >= 0.6 is 0 Å². The maximum absolute atomic E-state index is 11.6. The minimum atomic E-state index is -0.484. The molecule has 0 spiro atoms. The molecule has 3 aliphatic rings. The highest BCUT2D eigenvalue weighted by Gasteiger charge is 2.53. The van der Waals surface area contributed by atoms with E-state index in [1.165, 1.54) is 13.0 Å². The van der Waals surface area contributed by atoms with Gasteiger partial charge in [-0.1, -0.05) is 13.0 Å². The lowest BCUT2D eigenvalue weighted by molar-refractivity contribution is -0.973. The van der Waals surface area contributed by atoms with Crippen molar-refractivity contribution in [2.45, 2.75) is 38.3 Å². The predicted molar refractivity (Wildman–Crippen MR) is 109 cm³/mol. The van der Waals surface area contributed by atoms with E-state index in [0.29, 0.717) is 11.8 Å². The lowest BCUT2D eigenvalue weighted by atomic mass is 9.71. The number of halogens is 1.